The van der Waals surface area contributed by atoms with Crippen LogP contribution in [0, 0.1) is 0 Å². The zero-order valence-electron chi connectivity index (χ0n) is 15.3. The fourth-order valence-corrected chi connectivity index (χ4v) is 3.03. The summed E-state index contributed by atoms with van der Waals surface area (Å²) in [5, 5.41) is 4.19. The third-order valence-corrected chi connectivity index (χ3v) is 4.35. The highest BCUT2D eigenvalue weighted by molar-refractivity contribution is 5.95. The van der Waals surface area contributed by atoms with Crippen molar-refractivity contribution < 1.29 is 14.3 Å². The van der Waals surface area contributed by atoms with Gasteiger partial charge in [0.05, 0.1) is 25.3 Å². The number of nitrogen functional groups attached to an aromatic ring is 1. The summed E-state index contributed by atoms with van der Waals surface area (Å²) in [7, 11) is 3.15. The predicted molar refractivity (Wildman–Crippen MR) is 107 cm³/mol. The van der Waals surface area contributed by atoms with Crippen molar-refractivity contribution in [3.63, 3.8) is 0 Å². The van der Waals surface area contributed by atoms with Gasteiger partial charge in [-0.1, -0.05) is 0 Å². The second kappa shape index (κ2) is 7.73. The smallest absolute Gasteiger partial charge is 0.281 e. The van der Waals surface area contributed by atoms with Gasteiger partial charge in [0.1, 0.15) is 11.6 Å². The van der Waals surface area contributed by atoms with Crippen molar-refractivity contribution in [2.45, 2.75) is 6.54 Å². The van der Waals surface area contributed by atoms with Crippen LogP contribution in [0.4, 0.5) is 11.6 Å². The molecule has 0 aliphatic carbocycles. The lowest BCUT2D eigenvalue weighted by molar-refractivity contribution is 0.0996. The Morgan fingerprint density at radius 3 is 2.68 bits per heavy atom. The number of aromatic nitrogens is 3. The van der Waals surface area contributed by atoms with Crippen LogP contribution < -0.4 is 26.1 Å². The summed E-state index contributed by atoms with van der Waals surface area (Å²) >= 11 is 0. The second-order valence-electron chi connectivity index (χ2n) is 5.95. The standard InChI is InChI=1S/C18H18N6O3.ClH/c1-26-13-7-11-12(8-14(13)27-2)22-18(24-6-5-20-16(11)24)23-17(25)10-3-4-15(19)21-9-10;/h3-4,7-9,20H,5-6H2,1-2H3,(H2,19,21);1H. The molecular weight excluding hydrogens is 384 g/mol. The van der Waals surface area contributed by atoms with E-state index >= 15 is 0 Å². The highest BCUT2D eigenvalue weighted by Crippen LogP contribution is 2.34. The van der Waals surface area contributed by atoms with Crippen molar-refractivity contribution in [2.75, 3.05) is 31.8 Å². The molecule has 3 aromatic rings. The number of hydrogen-bond donors (Lipinski definition) is 2. The molecule has 1 aliphatic heterocycles. The van der Waals surface area contributed by atoms with Gasteiger partial charge in [-0.25, -0.2) is 9.97 Å². The number of nitrogens with zero attached hydrogens (tertiary/aromatic N) is 4. The van der Waals surface area contributed by atoms with Crippen LogP contribution in [0.5, 0.6) is 11.5 Å². The summed E-state index contributed by atoms with van der Waals surface area (Å²) in [6, 6.07) is 6.78. The quantitative estimate of drug-likeness (QED) is 0.683. The van der Waals surface area contributed by atoms with Crippen molar-refractivity contribution in [2.24, 2.45) is 4.99 Å². The molecule has 0 bridgehead atoms. The van der Waals surface area contributed by atoms with Gasteiger partial charge in [-0.3, -0.25) is 9.36 Å². The minimum atomic E-state index is -0.434. The van der Waals surface area contributed by atoms with E-state index in [2.05, 4.69) is 20.3 Å². The van der Waals surface area contributed by atoms with Crippen molar-refractivity contribution in [3.8, 4) is 11.5 Å². The summed E-state index contributed by atoms with van der Waals surface area (Å²) < 4.78 is 12.6. The lowest BCUT2D eigenvalue weighted by atomic mass is 10.2. The molecule has 0 atom stereocenters. The summed E-state index contributed by atoms with van der Waals surface area (Å²) in [6.45, 7) is 1.37. The molecule has 9 nitrogen and oxygen atoms in total. The maximum absolute atomic E-state index is 12.5. The Kier molecular flexibility index (Phi) is 5.36. The molecule has 1 amide bonds. The summed E-state index contributed by atoms with van der Waals surface area (Å²) in [6.07, 6.45) is 1.40. The van der Waals surface area contributed by atoms with Gasteiger partial charge in [0.2, 0.25) is 5.62 Å². The first-order valence-corrected chi connectivity index (χ1v) is 8.31. The lowest BCUT2D eigenvalue weighted by Crippen LogP contribution is -2.24. The van der Waals surface area contributed by atoms with Gasteiger partial charge in [-0.05, 0) is 18.2 Å². The van der Waals surface area contributed by atoms with Crippen LogP contribution >= 0.6 is 12.4 Å². The fraction of sp³-hybridized carbons (Fsp3) is 0.222. The van der Waals surface area contributed by atoms with Crippen LogP contribution in [-0.2, 0) is 6.54 Å². The zero-order chi connectivity index (χ0) is 19.0. The second-order valence-corrected chi connectivity index (χ2v) is 5.95. The van der Waals surface area contributed by atoms with E-state index in [1.807, 2.05) is 10.6 Å². The maximum Gasteiger partial charge on any atom is 0.281 e. The monoisotopic (exact) mass is 402 g/mol. The van der Waals surface area contributed by atoms with Crippen LogP contribution in [0.3, 0.4) is 0 Å². The highest BCUT2D eigenvalue weighted by Gasteiger charge is 2.18. The third-order valence-electron chi connectivity index (χ3n) is 4.35. The average Bonchev–Trinajstić information content (AvgIpc) is 3.18. The molecule has 0 radical (unpaired) electrons. The van der Waals surface area contributed by atoms with E-state index in [4.69, 9.17) is 15.2 Å². The number of nitrogens with one attached hydrogen (secondary N) is 1. The van der Waals surface area contributed by atoms with Gasteiger partial charge in [0, 0.05) is 30.7 Å². The maximum atomic E-state index is 12.5. The number of ether oxygens (including phenoxy) is 2. The van der Waals surface area contributed by atoms with Gasteiger partial charge in [-0.15, -0.1) is 12.4 Å². The minimum Gasteiger partial charge on any atom is -0.493 e. The van der Waals surface area contributed by atoms with E-state index in [1.165, 1.54) is 6.20 Å². The molecule has 146 valence electrons. The molecule has 3 heterocycles. The third kappa shape index (κ3) is 3.31. The molecule has 10 heteroatoms. The van der Waals surface area contributed by atoms with Crippen molar-refractivity contribution in [3.05, 3.63) is 41.6 Å². The Hall–Kier alpha value is -3.33. The van der Waals surface area contributed by atoms with Crippen molar-refractivity contribution in [1.29, 1.82) is 0 Å². The molecule has 2 aromatic heterocycles. The molecule has 28 heavy (non-hydrogen) atoms. The summed E-state index contributed by atoms with van der Waals surface area (Å²) in [4.78, 5) is 25.2. The number of rotatable bonds is 3. The molecule has 0 fully saturated rings. The van der Waals surface area contributed by atoms with Gasteiger partial charge in [0.15, 0.2) is 11.5 Å². The van der Waals surface area contributed by atoms with E-state index in [0.717, 1.165) is 17.7 Å². The Bertz CT molecular complexity index is 1110. The van der Waals surface area contributed by atoms with E-state index in [9.17, 15) is 4.79 Å². The van der Waals surface area contributed by atoms with Crippen LogP contribution in [0.25, 0.3) is 10.9 Å². The van der Waals surface area contributed by atoms with E-state index in [1.54, 1.807) is 32.4 Å². The Morgan fingerprint density at radius 1 is 1.25 bits per heavy atom. The van der Waals surface area contributed by atoms with Gasteiger partial charge < -0.3 is 20.5 Å². The number of benzene rings is 1. The number of nitrogens with two attached hydrogens (primary N) is 1. The van der Waals surface area contributed by atoms with Crippen LogP contribution in [0.2, 0.25) is 0 Å². The number of halogens is 1. The lowest BCUT2D eigenvalue weighted by Gasteiger charge is -2.12. The molecule has 3 N–H and O–H groups in total. The molecule has 0 unspecified atom stereocenters. The number of hydrogen-bond acceptors (Lipinski definition) is 7. The first-order chi connectivity index (χ1) is 13.1. The first kappa shape index (κ1) is 19.4. The molecule has 0 spiro atoms. The molecule has 1 aromatic carbocycles. The normalized spacial score (nSPS) is 12.9. The topological polar surface area (TPSA) is 117 Å². The SMILES string of the molecule is COc1cc2nc(=NC(=O)c3ccc(N)nc3)n3c(c2cc1OC)NCC3.Cl. The number of carbonyl (C=O) groups is 1. The minimum absolute atomic E-state index is 0. The molecule has 1 aliphatic rings. The van der Waals surface area contributed by atoms with Crippen molar-refractivity contribution >= 4 is 40.9 Å². The number of fused-ring (bicyclic) bond motifs is 3. The zero-order valence-corrected chi connectivity index (χ0v) is 16.1. The predicted octanol–water partition coefficient (Wildman–Crippen LogP) is 1.62. The van der Waals surface area contributed by atoms with E-state index in [-0.39, 0.29) is 12.4 Å². The Labute approximate surface area is 166 Å². The first-order valence-electron chi connectivity index (χ1n) is 8.31. The van der Waals surface area contributed by atoms with Crippen molar-refractivity contribution in [1.82, 2.24) is 14.5 Å². The average molecular weight is 403 g/mol. The van der Waals surface area contributed by atoms with Gasteiger partial charge in [-0.2, -0.15) is 4.99 Å². The highest BCUT2D eigenvalue weighted by atomic mass is 35.5. The summed E-state index contributed by atoms with van der Waals surface area (Å²) in [5.74, 6) is 1.91. The number of methoxy groups -OCH3 is 2. The fourth-order valence-electron chi connectivity index (χ4n) is 3.03. The molecule has 4 rings (SSSR count). The van der Waals surface area contributed by atoms with Crippen LogP contribution in [-0.4, -0.2) is 41.2 Å². The largest absolute Gasteiger partial charge is 0.493 e. The molecular formula is C18H19ClN6O3. The van der Waals surface area contributed by atoms with Gasteiger partial charge in [0.25, 0.3) is 5.91 Å². The van der Waals surface area contributed by atoms with Crippen LogP contribution in [0.15, 0.2) is 35.5 Å². The van der Waals surface area contributed by atoms with E-state index < -0.39 is 5.91 Å². The van der Waals surface area contributed by atoms with Crippen LogP contribution in [0.1, 0.15) is 10.4 Å². The Morgan fingerprint density at radius 2 is 2.00 bits per heavy atom. The summed E-state index contributed by atoms with van der Waals surface area (Å²) in [5.41, 5.74) is 6.88. The number of amides is 1. The van der Waals surface area contributed by atoms with Gasteiger partial charge >= 0.3 is 0 Å². The molecule has 0 saturated carbocycles. The molecule has 0 saturated heterocycles. The number of anilines is 2. The Balaban J connectivity index is 0.00000225. The number of pyridine rings is 1. The van der Waals surface area contributed by atoms with E-state index in [0.29, 0.717) is 40.6 Å². The number of carbonyl (C=O) groups excluding carboxylic acids is 1.